The molecule has 1 aliphatic rings. The van der Waals surface area contributed by atoms with E-state index in [1.54, 1.807) is 0 Å². The van der Waals surface area contributed by atoms with E-state index in [0.717, 1.165) is 12.2 Å². The van der Waals surface area contributed by atoms with Crippen LogP contribution in [0.3, 0.4) is 0 Å². The van der Waals surface area contributed by atoms with Gasteiger partial charge in [0.25, 0.3) is 11.8 Å². The SMILES string of the molecule is CCCC(=O)NCC(=O)NCC(=O)NCC(=O)NCC(C(=O)O)N1C(=O)C=CC1=O. The van der Waals surface area contributed by atoms with Gasteiger partial charge in [-0.05, 0) is 6.42 Å². The monoisotopic (exact) mass is 425 g/mol. The van der Waals surface area contributed by atoms with Gasteiger partial charge < -0.3 is 26.4 Å². The number of carboxylic acid groups (broad SMARTS) is 1. The fourth-order valence-electron chi connectivity index (χ4n) is 2.26. The second kappa shape index (κ2) is 11.9. The summed E-state index contributed by atoms with van der Waals surface area (Å²) in [7, 11) is 0. The molecule has 0 radical (unpaired) electrons. The Kier molecular flexibility index (Phi) is 9.65. The van der Waals surface area contributed by atoms with Gasteiger partial charge in [0, 0.05) is 25.1 Å². The first-order valence-electron chi connectivity index (χ1n) is 9.00. The summed E-state index contributed by atoms with van der Waals surface area (Å²) in [6.45, 7) is 0.0262. The van der Waals surface area contributed by atoms with E-state index in [2.05, 4.69) is 21.3 Å². The molecule has 1 rings (SSSR count). The number of hydrogen-bond donors (Lipinski definition) is 5. The van der Waals surface area contributed by atoms with Crippen LogP contribution in [0, 0.1) is 0 Å². The number of hydrogen-bond acceptors (Lipinski definition) is 7. The highest BCUT2D eigenvalue weighted by Crippen LogP contribution is 2.09. The minimum Gasteiger partial charge on any atom is -0.480 e. The third-order valence-corrected chi connectivity index (χ3v) is 3.75. The summed E-state index contributed by atoms with van der Waals surface area (Å²) in [6.07, 6.45) is 2.75. The van der Waals surface area contributed by atoms with Crippen LogP contribution in [-0.4, -0.2) is 83.6 Å². The third-order valence-electron chi connectivity index (χ3n) is 3.75. The van der Waals surface area contributed by atoms with E-state index >= 15 is 0 Å². The standard InChI is InChI=1S/C17H23N5O8/c1-2-3-11(23)19-7-13(25)21-9-14(26)20-8-12(24)18-6-10(17(29)30)22-15(27)4-5-16(22)28/h4-5,10H,2-3,6-9H2,1H3,(H,18,24)(H,19,23)(H,20,26)(H,21,25)(H,29,30). The normalized spacial score (nSPS) is 13.6. The Bertz CT molecular complexity index is 745. The minimum absolute atomic E-state index is 0.280. The smallest absolute Gasteiger partial charge is 0.328 e. The second-order valence-corrected chi connectivity index (χ2v) is 6.12. The van der Waals surface area contributed by atoms with Gasteiger partial charge >= 0.3 is 5.97 Å². The molecule has 0 aromatic carbocycles. The van der Waals surface area contributed by atoms with Crippen LogP contribution in [0.1, 0.15) is 19.8 Å². The van der Waals surface area contributed by atoms with Gasteiger partial charge in [0.05, 0.1) is 19.6 Å². The van der Waals surface area contributed by atoms with Gasteiger partial charge in [-0.1, -0.05) is 6.92 Å². The van der Waals surface area contributed by atoms with Gasteiger partial charge in [-0.25, -0.2) is 4.79 Å². The highest BCUT2D eigenvalue weighted by atomic mass is 16.4. The molecule has 1 atom stereocenters. The van der Waals surface area contributed by atoms with Crippen molar-refractivity contribution in [3.8, 4) is 0 Å². The van der Waals surface area contributed by atoms with E-state index in [0.29, 0.717) is 11.3 Å². The number of carboxylic acids is 1. The first-order chi connectivity index (χ1) is 14.1. The molecule has 0 aromatic rings. The number of aliphatic carboxylic acids is 1. The molecule has 164 valence electrons. The predicted molar refractivity (Wildman–Crippen MR) is 99.4 cm³/mol. The quantitative estimate of drug-likeness (QED) is 0.200. The Hall–Kier alpha value is -3.77. The molecule has 13 heteroatoms. The maximum absolute atomic E-state index is 11.8. The molecule has 5 N–H and O–H groups in total. The molecular formula is C17H23N5O8. The lowest BCUT2D eigenvalue weighted by atomic mass is 10.2. The molecule has 0 aliphatic carbocycles. The van der Waals surface area contributed by atoms with Crippen molar-refractivity contribution in [2.45, 2.75) is 25.8 Å². The Morgan fingerprint density at radius 2 is 1.27 bits per heavy atom. The van der Waals surface area contributed by atoms with Gasteiger partial charge in [-0.3, -0.25) is 33.7 Å². The van der Waals surface area contributed by atoms with Crippen molar-refractivity contribution in [2.24, 2.45) is 0 Å². The summed E-state index contributed by atoms with van der Waals surface area (Å²) < 4.78 is 0. The fraction of sp³-hybridized carbons (Fsp3) is 0.471. The van der Waals surface area contributed by atoms with E-state index in [-0.39, 0.29) is 18.9 Å². The maximum Gasteiger partial charge on any atom is 0.328 e. The number of carbonyl (C=O) groups excluding carboxylic acids is 6. The molecule has 30 heavy (non-hydrogen) atoms. The second-order valence-electron chi connectivity index (χ2n) is 6.12. The maximum atomic E-state index is 11.8. The Morgan fingerprint density at radius 1 is 0.833 bits per heavy atom. The van der Waals surface area contributed by atoms with E-state index in [1.807, 2.05) is 6.92 Å². The summed E-state index contributed by atoms with van der Waals surface area (Å²) in [4.78, 5) is 81.1. The largest absolute Gasteiger partial charge is 0.480 e. The topological polar surface area (TPSA) is 191 Å². The summed E-state index contributed by atoms with van der Waals surface area (Å²) in [5, 5.41) is 18.2. The minimum atomic E-state index is -1.60. The lowest BCUT2D eigenvalue weighted by molar-refractivity contribution is -0.153. The van der Waals surface area contributed by atoms with Gasteiger partial charge in [-0.2, -0.15) is 0 Å². The highest BCUT2D eigenvalue weighted by Gasteiger charge is 2.35. The van der Waals surface area contributed by atoms with Gasteiger partial charge in [0.1, 0.15) is 0 Å². The van der Waals surface area contributed by atoms with Crippen molar-refractivity contribution >= 4 is 41.4 Å². The zero-order valence-corrected chi connectivity index (χ0v) is 16.2. The van der Waals surface area contributed by atoms with E-state index in [9.17, 15) is 33.6 Å². The molecule has 1 unspecified atom stereocenters. The molecule has 0 aromatic heterocycles. The molecule has 0 spiro atoms. The fourth-order valence-corrected chi connectivity index (χ4v) is 2.26. The molecule has 0 fully saturated rings. The molecular weight excluding hydrogens is 402 g/mol. The van der Waals surface area contributed by atoms with E-state index in [1.165, 1.54) is 0 Å². The average Bonchev–Trinajstić information content (AvgIpc) is 3.02. The Labute approximate surface area is 171 Å². The zero-order chi connectivity index (χ0) is 22.7. The van der Waals surface area contributed by atoms with Crippen LogP contribution in [0.25, 0.3) is 0 Å². The van der Waals surface area contributed by atoms with Crippen LogP contribution < -0.4 is 21.3 Å². The Morgan fingerprint density at radius 3 is 1.70 bits per heavy atom. The molecule has 1 aliphatic heterocycles. The Balaban J connectivity index is 2.31. The van der Waals surface area contributed by atoms with Crippen LogP contribution in [0.5, 0.6) is 0 Å². The zero-order valence-electron chi connectivity index (χ0n) is 16.2. The summed E-state index contributed by atoms with van der Waals surface area (Å²) in [5.41, 5.74) is 0. The summed E-state index contributed by atoms with van der Waals surface area (Å²) in [5.74, 6) is -5.44. The lowest BCUT2D eigenvalue weighted by Gasteiger charge is -2.22. The number of nitrogens with one attached hydrogen (secondary N) is 4. The van der Waals surface area contributed by atoms with Crippen LogP contribution in [-0.2, 0) is 33.6 Å². The predicted octanol–water partition coefficient (Wildman–Crippen LogP) is -3.37. The van der Waals surface area contributed by atoms with Gasteiger partial charge in [-0.15, -0.1) is 0 Å². The average molecular weight is 425 g/mol. The van der Waals surface area contributed by atoms with Crippen molar-refractivity contribution in [3.63, 3.8) is 0 Å². The van der Waals surface area contributed by atoms with E-state index < -0.39 is 61.2 Å². The van der Waals surface area contributed by atoms with Crippen LogP contribution >= 0.6 is 0 Å². The molecule has 13 nitrogen and oxygen atoms in total. The summed E-state index contributed by atoms with van der Waals surface area (Å²) in [6, 6.07) is -1.60. The number of nitrogens with zero attached hydrogens (tertiary/aromatic N) is 1. The highest BCUT2D eigenvalue weighted by molar-refractivity contribution is 6.14. The van der Waals surface area contributed by atoms with Crippen LogP contribution in [0.2, 0.25) is 0 Å². The van der Waals surface area contributed by atoms with Crippen molar-refractivity contribution in [3.05, 3.63) is 12.2 Å². The number of rotatable bonds is 12. The van der Waals surface area contributed by atoms with E-state index in [4.69, 9.17) is 5.11 Å². The van der Waals surface area contributed by atoms with Gasteiger partial charge in [0.2, 0.25) is 23.6 Å². The molecule has 6 amide bonds. The van der Waals surface area contributed by atoms with Crippen molar-refractivity contribution < 1.29 is 38.7 Å². The van der Waals surface area contributed by atoms with Gasteiger partial charge in [0.15, 0.2) is 6.04 Å². The number of carbonyl (C=O) groups is 7. The molecule has 0 saturated heterocycles. The number of imide groups is 1. The van der Waals surface area contributed by atoms with Crippen LogP contribution in [0.4, 0.5) is 0 Å². The first-order valence-corrected chi connectivity index (χ1v) is 9.00. The first kappa shape index (κ1) is 24.3. The van der Waals surface area contributed by atoms with Crippen LogP contribution in [0.15, 0.2) is 12.2 Å². The summed E-state index contributed by atoms with van der Waals surface area (Å²) >= 11 is 0. The van der Waals surface area contributed by atoms with Crippen molar-refractivity contribution in [1.29, 1.82) is 0 Å². The molecule has 1 heterocycles. The number of amides is 6. The molecule has 0 bridgehead atoms. The van der Waals surface area contributed by atoms with Crippen molar-refractivity contribution in [2.75, 3.05) is 26.2 Å². The van der Waals surface area contributed by atoms with Crippen molar-refractivity contribution in [1.82, 2.24) is 26.2 Å². The molecule has 0 saturated carbocycles. The third kappa shape index (κ3) is 8.08. The lowest BCUT2D eigenvalue weighted by Crippen LogP contribution is -2.52.